The van der Waals surface area contributed by atoms with Gasteiger partial charge in [0, 0.05) is 25.0 Å². The summed E-state index contributed by atoms with van der Waals surface area (Å²) < 4.78 is 0. The zero-order valence-electron chi connectivity index (χ0n) is 17.3. The van der Waals surface area contributed by atoms with Crippen LogP contribution in [0.3, 0.4) is 0 Å². The van der Waals surface area contributed by atoms with Gasteiger partial charge in [-0.25, -0.2) is 0 Å². The number of amides is 1. The predicted molar refractivity (Wildman–Crippen MR) is 118 cm³/mol. The minimum Gasteiger partial charge on any atom is -0.336 e. The molecule has 30 heavy (non-hydrogen) atoms. The number of hydrogen-bond acceptors (Lipinski definition) is 3. The highest BCUT2D eigenvalue weighted by Crippen LogP contribution is 2.35. The second kappa shape index (κ2) is 9.04. The summed E-state index contributed by atoms with van der Waals surface area (Å²) in [6.07, 6.45) is 3.52. The summed E-state index contributed by atoms with van der Waals surface area (Å²) in [7, 11) is 0. The zero-order valence-corrected chi connectivity index (χ0v) is 17.3. The number of nitrogens with zero attached hydrogens (tertiary/aromatic N) is 2. The molecule has 2 aromatic carbocycles. The van der Waals surface area contributed by atoms with Crippen LogP contribution in [0.2, 0.25) is 0 Å². The summed E-state index contributed by atoms with van der Waals surface area (Å²) in [6, 6.07) is 22.6. The Hall–Kier alpha value is -3.27. The number of carbonyl (C=O) groups excluding carboxylic acids is 2. The first-order valence-corrected chi connectivity index (χ1v) is 10.5. The molecule has 0 spiro atoms. The summed E-state index contributed by atoms with van der Waals surface area (Å²) in [4.78, 5) is 31.1. The van der Waals surface area contributed by atoms with Crippen molar-refractivity contribution in [3.63, 3.8) is 0 Å². The van der Waals surface area contributed by atoms with E-state index < -0.39 is 0 Å². The van der Waals surface area contributed by atoms with Gasteiger partial charge < -0.3 is 4.90 Å². The van der Waals surface area contributed by atoms with Gasteiger partial charge in [0.2, 0.25) is 5.78 Å². The lowest BCUT2D eigenvalue weighted by molar-refractivity contribution is -0.145. The van der Waals surface area contributed by atoms with Crippen LogP contribution in [0.5, 0.6) is 0 Å². The van der Waals surface area contributed by atoms with Gasteiger partial charge in [-0.3, -0.25) is 14.6 Å². The van der Waals surface area contributed by atoms with Gasteiger partial charge in [-0.1, -0.05) is 60.7 Å². The van der Waals surface area contributed by atoms with Crippen LogP contribution in [0.4, 0.5) is 0 Å². The lowest BCUT2D eigenvalue weighted by Crippen LogP contribution is -2.42. The number of pyridine rings is 1. The van der Waals surface area contributed by atoms with Gasteiger partial charge in [0.15, 0.2) is 0 Å². The van der Waals surface area contributed by atoms with Crippen LogP contribution in [0.15, 0.2) is 72.9 Å². The van der Waals surface area contributed by atoms with Crippen LogP contribution in [0.1, 0.15) is 35.6 Å². The van der Waals surface area contributed by atoms with E-state index in [1.807, 2.05) is 25.1 Å². The molecule has 1 saturated heterocycles. The number of hydrogen-bond donors (Lipinski definition) is 0. The fourth-order valence-corrected chi connectivity index (χ4v) is 4.15. The molecule has 0 unspecified atom stereocenters. The summed E-state index contributed by atoms with van der Waals surface area (Å²) in [5.41, 5.74) is 5.48. The molecule has 1 aromatic heterocycles. The maximum absolute atomic E-state index is 12.6. The molecule has 4 heteroatoms. The molecular weight excluding hydrogens is 372 g/mol. The Kier molecular flexibility index (Phi) is 6.03. The molecule has 1 aliphatic rings. The third kappa shape index (κ3) is 4.48. The molecule has 3 aromatic rings. The van der Waals surface area contributed by atoms with Gasteiger partial charge in [0.1, 0.15) is 0 Å². The van der Waals surface area contributed by atoms with Crippen LogP contribution in [0.25, 0.3) is 11.1 Å². The molecule has 1 aliphatic heterocycles. The predicted octanol–water partition coefficient (Wildman–Crippen LogP) is 4.57. The Morgan fingerprint density at radius 3 is 2.33 bits per heavy atom. The number of likely N-dealkylation sites (tertiary alicyclic amines) is 1. The van der Waals surface area contributed by atoms with Gasteiger partial charge >= 0.3 is 0 Å². The number of ketones is 1. The maximum atomic E-state index is 12.6. The van der Waals surface area contributed by atoms with Crippen molar-refractivity contribution in [1.29, 1.82) is 0 Å². The second-order valence-electron chi connectivity index (χ2n) is 7.95. The molecule has 0 radical (unpaired) electrons. The topological polar surface area (TPSA) is 50.3 Å². The normalized spacial score (nSPS) is 14.5. The number of rotatable bonds is 5. The highest BCUT2D eigenvalue weighted by atomic mass is 16.2. The number of piperidine rings is 1. The molecule has 0 saturated carbocycles. The number of Topliss-reactive ketones (excluding diaryl/α,β-unsaturated/α-hetero) is 1. The molecule has 0 atom stereocenters. The van der Waals surface area contributed by atoms with Crippen LogP contribution in [-0.2, 0) is 16.0 Å². The fourth-order valence-electron chi connectivity index (χ4n) is 4.15. The van der Waals surface area contributed by atoms with E-state index in [1.54, 1.807) is 11.1 Å². The lowest BCUT2D eigenvalue weighted by Gasteiger charge is -2.32. The second-order valence-corrected chi connectivity index (χ2v) is 7.95. The van der Waals surface area contributed by atoms with E-state index >= 15 is 0 Å². The fraction of sp³-hybridized carbons (Fsp3) is 0.269. The Bertz CT molecular complexity index is 1020. The van der Waals surface area contributed by atoms with Crippen molar-refractivity contribution in [3.8, 4) is 11.1 Å². The Labute approximate surface area is 177 Å². The first-order chi connectivity index (χ1) is 14.6. The molecule has 4 nitrogen and oxygen atoms in total. The average molecular weight is 399 g/mol. The van der Waals surface area contributed by atoms with E-state index in [0.29, 0.717) is 24.7 Å². The SMILES string of the molecule is Cc1ccc(CC(=O)C(=O)N2CCC(c3ccccc3-c3ccccc3)CC2)nc1. The van der Waals surface area contributed by atoms with Crippen LogP contribution >= 0.6 is 0 Å². The van der Waals surface area contributed by atoms with Gasteiger partial charge in [-0.2, -0.15) is 0 Å². The first kappa shape index (κ1) is 20.0. The van der Waals surface area contributed by atoms with E-state index in [1.165, 1.54) is 16.7 Å². The van der Waals surface area contributed by atoms with Crippen molar-refractivity contribution < 1.29 is 9.59 Å². The van der Waals surface area contributed by atoms with E-state index in [0.717, 1.165) is 18.4 Å². The Balaban J connectivity index is 1.40. The third-order valence-corrected chi connectivity index (χ3v) is 5.82. The van der Waals surface area contributed by atoms with Crippen molar-refractivity contribution in [1.82, 2.24) is 9.88 Å². The highest BCUT2D eigenvalue weighted by molar-refractivity contribution is 6.36. The van der Waals surface area contributed by atoms with Crippen LogP contribution < -0.4 is 0 Å². The molecular formula is C26H26N2O2. The van der Waals surface area contributed by atoms with Crippen LogP contribution in [-0.4, -0.2) is 34.7 Å². The number of benzene rings is 2. The highest BCUT2D eigenvalue weighted by Gasteiger charge is 2.28. The van der Waals surface area contributed by atoms with Crippen molar-refractivity contribution in [2.24, 2.45) is 0 Å². The molecule has 1 amide bonds. The molecule has 152 valence electrons. The summed E-state index contributed by atoms with van der Waals surface area (Å²) in [5.74, 6) is -0.374. The van der Waals surface area contributed by atoms with E-state index in [-0.39, 0.29) is 18.1 Å². The van der Waals surface area contributed by atoms with Crippen molar-refractivity contribution in [2.45, 2.75) is 32.1 Å². The van der Waals surface area contributed by atoms with Gasteiger partial charge in [0.05, 0.1) is 6.42 Å². The zero-order chi connectivity index (χ0) is 20.9. The first-order valence-electron chi connectivity index (χ1n) is 10.5. The van der Waals surface area contributed by atoms with Crippen molar-refractivity contribution >= 4 is 11.7 Å². The van der Waals surface area contributed by atoms with Gasteiger partial charge in [-0.05, 0) is 54.0 Å². The molecule has 0 bridgehead atoms. The Morgan fingerprint density at radius 1 is 0.933 bits per heavy atom. The van der Waals surface area contributed by atoms with Gasteiger partial charge in [0.25, 0.3) is 5.91 Å². The number of aryl methyl sites for hydroxylation is 1. The summed E-state index contributed by atoms with van der Waals surface area (Å²) in [5, 5.41) is 0. The monoisotopic (exact) mass is 398 g/mol. The third-order valence-electron chi connectivity index (χ3n) is 5.82. The van der Waals surface area contributed by atoms with Gasteiger partial charge in [-0.15, -0.1) is 0 Å². The van der Waals surface area contributed by atoms with E-state index in [9.17, 15) is 9.59 Å². The molecule has 1 fully saturated rings. The summed E-state index contributed by atoms with van der Waals surface area (Å²) in [6.45, 7) is 3.17. The largest absolute Gasteiger partial charge is 0.336 e. The standard InChI is InChI=1S/C26H26N2O2/c1-19-11-12-22(27-18-19)17-25(29)26(30)28-15-13-21(14-16-28)24-10-6-5-9-23(24)20-7-3-2-4-8-20/h2-12,18,21H,13-17H2,1H3. The minimum atomic E-state index is -0.382. The van der Waals surface area contributed by atoms with E-state index in [2.05, 4.69) is 53.5 Å². The maximum Gasteiger partial charge on any atom is 0.290 e. The molecule has 2 heterocycles. The molecule has 0 N–H and O–H groups in total. The summed E-state index contributed by atoms with van der Waals surface area (Å²) >= 11 is 0. The average Bonchev–Trinajstić information content (AvgIpc) is 2.81. The number of aromatic nitrogens is 1. The number of carbonyl (C=O) groups is 2. The smallest absolute Gasteiger partial charge is 0.290 e. The quantitative estimate of drug-likeness (QED) is 0.592. The van der Waals surface area contributed by atoms with Crippen molar-refractivity contribution in [2.75, 3.05) is 13.1 Å². The minimum absolute atomic E-state index is 0.0654. The van der Waals surface area contributed by atoms with Crippen molar-refractivity contribution in [3.05, 3.63) is 89.7 Å². The van der Waals surface area contributed by atoms with E-state index in [4.69, 9.17) is 0 Å². The molecule has 0 aliphatic carbocycles. The van der Waals surface area contributed by atoms with Crippen LogP contribution in [0, 0.1) is 6.92 Å². The lowest BCUT2D eigenvalue weighted by atomic mass is 9.84. The Morgan fingerprint density at radius 2 is 1.63 bits per heavy atom. The molecule has 4 rings (SSSR count).